The van der Waals surface area contributed by atoms with Crippen LogP contribution in [0.5, 0.6) is 0 Å². The minimum absolute atomic E-state index is 0. The number of benzene rings is 6. The Balaban J connectivity index is 0.000000208. The maximum absolute atomic E-state index is 11.9. The van der Waals surface area contributed by atoms with Crippen LogP contribution in [0.4, 0.5) is 0 Å². The van der Waals surface area contributed by atoms with Crippen LogP contribution in [0.25, 0.3) is 66.3 Å². The Labute approximate surface area is 314 Å². The van der Waals surface area contributed by atoms with Gasteiger partial charge in [0, 0.05) is 21.9 Å². The molecular formula is C40H28Cl2N4O2Zr. The molecule has 0 radical (unpaired) electrons. The van der Waals surface area contributed by atoms with Crippen LogP contribution in [0.15, 0.2) is 167 Å². The standard InChI is InChI=1S/2C20H14N2O.2ClH.Zr/c2*23-20-18-12-5-4-11-17(18)19(21-22-20)16-10-6-9-15(13-16)14-7-2-1-3-8-14;;;/h2*1-13H,(H,22,23);2*1H;/q;;;;+2/p-2. The van der Waals surface area contributed by atoms with Crippen LogP contribution < -0.4 is 35.9 Å². The van der Waals surface area contributed by atoms with E-state index < -0.39 is 0 Å². The summed E-state index contributed by atoms with van der Waals surface area (Å²) in [5.74, 6) is 0. The monoisotopic (exact) mass is 756 g/mol. The topological polar surface area (TPSA) is 91.5 Å². The number of nitrogens with zero attached hydrogens (tertiary/aromatic N) is 2. The molecule has 0 unspecified atom stereocenters. The first-order valence-corrected chi connectivity index (χ1v) is 14.9. The van der Waals surface area contributed by atoms with E-state index in [1.165, 1.54) is 0 Å². The van der Waals surface area contributed by atoms with Crippen molar-refractivity contribution in [3.8, 4) is 44.8 Å². The largest absolute Gasteiger partial charge is 2.00 e. The summed E-state index contributed by atoms with van der Waals surface area (Å²) in [6.07, 6.45) is 0. The molecule has 0 aliphatic rings. The number of hydrogen-bond acceptors (Lipinski definition) is 4. The minimum Gasteiger partial charge on any atom is -1.00 e. The average Bonchev–Trinajstić information content (AvgIpc) is 3.13. The van der Waals surface area contributed by atoms with Crippen molar-refractivity contribution in [1.82, 2.24) is 20.4 Å². The molecule has 0 spiro atoms. The molecule has 238 valence electrons. The van der Waals surface area contributed by atoms with Crippen LogP contribution in [0.3, 0.4) is 0 Å². The van der Waals surface area contributed by atoms with Gasteiger partial charge in [-0.15, -0.1) is 0 Å². The number of halogens is 2. The van der Waals surface area contributed by atoms with Gasteiger partial charge < -0.3 is 24.8 Å². The molecule has 8 rings (SSSR count). The van der Waals surface area contributed by atoms with Gasteiger partial charge in [0.25, 0.3) is 11.1 Å². The third kappa shape index (κ3) is 8.03. The quantitative estimate of drug-likeness (QED) is 0.289. The summed E-state index contributed by atoms with van der Waals surface area (Å²) in [4.78, 5) is 23.9. The summed E-state index contributed by atoms with van der Waals surface area (Å²) in [5.41, 5.74) is 7.78. The van der Waals surface area contributed by atoms with Gasteiger partial charge in [0.1, 0.15) is 0 Å². The van der Waals surface area contributed by atoms with Crippen molar-refractivity contribution >= 4 is 21.5 Å². The number of H-pyrrole nitrogens is 2. The van der Waals surface area contributed by atoms with E-state index in [2.05, 4.69) is 68.9 Å². The SMILES string of the molecule is O=c1[nH]nc(-c2cccc(-c3ccccc3)c2)c2ccccc12.O=c1[nH]nc(-c2cccc(-c3ccccc3)c2)c2ccccc12.[Cl-].[Cl-].[Zr+2]. The molecule has 9 heteroatoms. The van der Waals surface area contributed by atoms with Crippen LogP contribution in [0.1, 0.15) is 0 Å². The molecule has 0 atom stereocenters. The number of nitrogens with one attached hydrogen (secondary N) is 2. The molecule has 2 heterocycles. The molecule has 0 saturated carbocycles. The number of fused-ring (bicyclic) bond motifs is 2. The second-order valence-electron chi connectivity index (χ2n) is 10.8. The molecule has 49 heavy (non-hydrogen) atoms. The van der Waals surface area contributed by atoms with Crippen LogP contribution in [-0.4, -0.2) is 20.4 Å². The van der Waals surface area contributed by atoms with Gasteiger partial charge in [-0.2, -0.15) is 10.2 Å². The zero-order chi connectivity index (χ0) is 31.3. The molecule has 0 amide bonds. The van der Waals surface area contributed by atoms with E-state index >= 15 is 0 Å². The van der Waals surface area contributed by atoms with E-state index in [4.69, 9.17) is 0 Å². The summed E-state index contributed by atoms with van der Waals surface area (Å²) < 4.78 is 0. The Morgan fingerprint density at radius 1 is 0.347 bits per heavy atom. The third-order valence-electron chi connectivity index (χ3n) is 7.88. The molecule has 2 aromatic heterocycles. The second kappa shape index (κ2) is 16.9. The minimum atomic E-state index is -0.163. The van der Waals surface area contributed by atoms with E-state index in [1.807, 2.05) is 109 Å². The molecular weight excluding hydrogens is 731 g/mol. The predicted molar refractivity (Wildman–Crippen MR) is 186 cm³/mol. The van der Waals surface area contributed by atoms with Crippen LogP contribution >= 0.6 is 0 Å². The van der Waals surface area contributed by atoms with E-state index in [-0.39, 0.29) is 62.1 Å². The summed E-state index contributed by atoms with van der Waals surface area (Å²) in [6, 6.07) is 51.9. The van der Waals surface area contributed by atoms with Crippen molar-refractivity contribution in [3.05, 3.63) is 178 Å². The number of aromatic nitrogens is 4. The van der Waals surface area contributed by atoms with Gasteiger partial charge in [0.2, 0.25) is 0 Å². The fraction of sp³-hybridized carbons (Fsp3) is 0. The first-order valence-electron chi connectivity index (χ1n) is 14.9. The molecule has 0 saturated heterocycles. The summed E-state index contributed by atoms with van der Waals surface area (Å²) >= 11 is 0. The van der Waals surface area contributed by atoms with Gasteiger partial charge >= 0.3 is 26.2 Å². The fourth-order valence-corrected chi connectivity index (χ4v) is 5.62. The first-order chi connectivity index (χ1) is 22.7. The van der Waals surface area contributed by atoms with Crippen molar-refractivity contribution in [2.24, 2.45) is 0 Å². The fourth-order valence-electron chi connectivity index (χ4n) is 5.62. The van der Waals surface area contributed by atoms with Crippen molar-refractivity contribution < 1.29 is 51.0 Å². The summed E-state index contributed by atoms with van der Waals surface area (Å²) in [5, 5.41) is 16.8. The van der Waals surface area contributed by atoms with E-state index in [0.717, 1.165) is 55.5 Å². The number of rotatable bonds is 4. The Hall–Kier alpha value is -4.94. The van der Waals surface area contributed by atoms with Crippen molar-refractivity contribution in [2.75, 3.05) is 0 Å². The molecule has 0 bridgehead atoms. The maximum atomic E-state index is 11.9. The molecule has 0 fully saturated rings. The Morgan fingerprint density at radius 3 is 1.04 bits per heavy atom. The van der Waals surface area contributed by atoms with Crippen molar-refractivity contribution in [1.29, 1.82) is 0 Å². The van der Waals surface area contributed by atoms with Crippen LogP contribution in [0, 0.1) is 0 Å². The first kappa shape index (κ1) is 36.9. The van der Waals surface area contributed by atoms with E-state index in [1.54, 1.807) is 0 Å². The van der Waals surface area contributed by atoms with E-state index in [0.29, 0.717) is 10.8 Å². The zero-order valence-electron chi connectivity index (χ0n) is 26.0. The smallest absolute Gasteiger partial charge is 1.00 e. The molecule has 2 N–H and O–H groups in total. The Morgan fingerprint density at radius 2 is 0.653 bits per heavy atom. The van der Waals surface area contributed by atoms with E-state index in [9.17, 15) is 9.59 Å². The van der Waals surface area contributed by atoms with Gasteiger partial charge in [-0.3, -0.25) is 9.59 Å². The molecule has 6 nitrogen and oxygen atoms in total. The van der Waals surface area contributed by atoms with Crippen LogP contribution in [0.2, 0.25) is 0 Å². The second-order valence-corrected chi connectivity index (χ2v) is 10.8. The molecule has 8 aromatic rings. The van der Waals surface area contributed by atoms with Gasteiger partial charge in [-0.05, 0) is 46.5 Å². The molecule has 6 aromatic carbocycles. The zero-order valence-corrected chi connectivity index (χ0v) is 29.9. The summed E-state index contributed by atoms with van der Waals surface area (Å²) in [6.45, 7) is 0. The van der Waals surface area contributed by atoms with Crippen molar-refractivity contribution in [3.63, 3.8) is 0 Å². The normalized spacial score (nSPS) is 10.1. The van der Waals surface area contributed by atoms with Crippen LogP contribution in [-0.2, 0) is 26.2 Å². The molecule has 0 aliphatic carbocycles. The number of aromatic amines is 2. The maximum Gasteiger partial charge on any atom is 2.00 e. The third-order valence-corrected chi connectivity index (χ3v) is 7.88. The van der Waals surface area contributed by atoms with Gasteiger partial charge in [0.15, 0.2) is 0 Å². The predicted octanol–water partition coefficient (Wildman–Crippen LogP) is 2.52. The average molecular weight is 759 g/mol. The van der Waals surface area contributed by atoms with Gasteiger partial charge in [-0.25, -0.2) is 10.2 Å². The van der Waals surface area contributed by atoms with Gasteiger partial charge in [-0.1, -0.05) is 133 Å². The Bertz CT molecular complexity index is 2260. The molecule has 0 aliphatic heterocycles. The number of hydrogen-bond donors (Lipinski definition) is 2. The van der Waals surface area contributed by atoms with Crippen molar-refractivity contribution in [2.45, 2.75) is 0 Å². The van der Waals surface area contributed by atoms with Gasteiger partial charge in [0.05, 0.1) is 22.2 Å². The Kier molecular flexibility index (Phi) is 12.8. The summed E-state index contributed by atoms with van der Waals surface area (Å²) in [7, 11) is 0.